The monoisotopic (exact) mass is 341 g/mol. The predicted molar refractivity (Wildman–Crippen MR) is 95.5 cm³/mol. The molecule has 3 aromatic carbocycles. The van der Waals surface area contributed by atoms with E-state index in [1.54, 1.807) is 6.07 Å². The highest BCUT2D eigenvalue weighted by Crippen LogP contribution is 2.43. The molecule has 0 spiro atoms. The number of anilines is 1. The molecule has 4 heteroatoms. The fourth-order valence-corrected chi connectivity index (χ4v) is 3.71. The Morgan fingerprint density at radius 3 is 2.61 bits per heavy atom. The van der Waals surface area contributed by atoms with Crippen LogP contribution in [0.25, 0.3) is 10.8 Å². The van der Waals surface area contributed by atoms with Crippen LogP contribution in [0.3, 0.4) is 0 Å². The molecule has 0 radical (unpaired) electrons. The maximum absolute atomic E-state index is 12.3. The van der Waals surface area contributed by atoms with Crippen LogP contribution in [0.4, 0.5) is 5.69 Å². The number of fused-ring (bicyclic) bond motifs is 3. The molecule has 1 aliphatic rings. The van der Waals surface area contributed by atoms with Crippen molar-refractivity contribution in [3.8, 4) is 0 Å². The Labute approximate surface area is 144 Å². The Hall–Kier alpha value is -2.03. The van der Waals surface area contributed by atoms with Crippen molar-refractivity contribution in [2.75, 3.05) is 5.32 Å². The van der Waals surface area contributed by atoms with Crippen molar-refractivity contribution in [1.29, 1.82) is 0 Å². The molecular weight excluding hydrogens is 329 g/mol. The molecule has 3 aromatic rings. The first-order chi connectivity index (χ1) is 11.1. The minimum Gasteiger partial charge on any atom is -0.325 e. The summed E-state index contributed by atoms with van der Waals surface area (Å²) in [6, 6.07) is 17.8. The number of halogens is 2. The summed E-state index contributed by atoms with van der Waals surface area (Å²) in [5, 5.41) is 6.20. The van der Waals surface area contributed by atoms with Crippen LogP contribution in [0.15, 0.2) is 54.6 Å². The van der Waals surface area contributed by atoms with Crippen LogP contribution >= 0.6 is 23.2 Å². The molecule has 0 bridgehead atoms. The first-order valence-electron chi connectivity index (χ1n) is 7.40. The predicted octanol–water partition coefficient (Wildman–Crippen LogP) is 5.62. The van der Waals surface area contributed by atoms with E-state index in [1.807, 2.05) is 36.4 Å². The Bertz CT molecular complexity index is 936. The summed E-state index contributed by atoms with van der Waals surface area (Å²) in [5.74, 6) is -0.0931. The summed E-state index contributed by atoms with van der Waals surface area (Å²) in [4.78, 5) is 12.3. The highest BCUT2D eigenvalue weighted by Gasteiger charge is 2.29. The molecule has 0 saturated carbocycles. The summed E-state index contributed by atoms with van der Waals surface area (Å²) >= 11 is 12.6. The molecule has 4 rings (SSSR count). The van der Waals surface area contributed by atoms with Crippen LogP contribution in [0.2, 0.25) is 10.0 Å². The van der Waals surface area contributed by atoms with Gasteiger partial charge in [-0.05, 0) is 22.6 Å². The standard InChI is InChI=1S/C19H13Cl2NO/c20-16-7-3-6-13(18(16)21)15-10-17(23)22-19-12-5-2-1-4-11(12)8-9-14(15)19/h1-9,15H,10H2,(H,22,23)/t15-/m1/s1. The van der Waals surface area contributed by atoms with Crippen molar-refractivity contribution in [2.24, 2.45) is 0 Å². The highest BCUT2D eigenvalue weighted by molar-refractivity contribution is 6.42. The zero-order valence-corrected chi connectivity index (χ0v) is 13.7. The number of hydrogen-bond donors (Lipinski definition) is 1. The van der Waals surface area contributed by atoms with Crippen molar-refractivity contribution in [3.63, 3.8) is 0 Å². The van der Waals surface area contributed by atoms with Crippen molar-refractivity contribution >= 4 is 45.6 Å². The van der Waals surface area contributed by atoms with Crippen LogP contribution < -0.4 is 5.32 Å². The largest absolute Gasteiger partial charge is 0.325 e. The molecule has 0 aromatic heterocycles. The molecule has 1 N–H and O–H groups in total. The maximum Gasteiger partial charge on any atom is 0.225 e. The van der Waals surface area contributed by atoms with Crippen LogP contribution in [-0.4, -0.2) is 5.91 Å². The zero-order valence-electron chi connectivity index (χ0n) is 12.1. The van der Waals surface area contributed by atoms with E-state index < -0.39 is 0 Å². The third-order valence-corrected chi connectivity index (χ3v) is 5.18. The van der Waals surface area contributed by atoms with E-state index in [1.165, 1.54) is 0 Å². The summed E-state index contributed by atoms with van der Waals surface area (Å²) in [6.07, 6.45) is 0.366. The van der Waals surface area contributed by atoms with Gasteiger partial charge in [-0.1, -0.05) is 71.7 Å². The smallest absolute Gasteiger partial charge is 0.225 e. The number of rotatable bonds is 1. The van der Waals surface area contributed by atoms with Crippen molar-refractivity contribution < 1.29 is 4.79 Å². The summed E-state index contributed by atoms with van der Waals surface area (Å²) in [7, 11) is 0. The summed E-state index contributed by atoms with van der Waals surface area (Å²) < 4.78 is 0. The quantitative estimate of drug-likeness (QED) is 0.611. The van der Waals surface area contributed by atoms with Gasteiger partial charge in [0.2, 0.25) is 5.91 Å². The van der Waals surface area contributed by atoms with Crippen molar-refractivity contribution in [2.45, 2.75) is 12.3 Å². The van der Waals surface area contributed by atoms with Gasteiger partial charge in [-0.2, -0.15) is 0 Å². The van der Waals surface area contributed by atoms with Gasteiger partial charge in [0.15, 0.2) is 0 Å². The van der Waals surface area contributed by atoms with Crippen LogP contribution in [0, 0.1) is 0 Å². The molecule has 0 saturated heterocycles. The van der Waals surface area contributed by atoms with Gasteiger partial charge in [-0.15, -0.1) is 0 Å². The van der Waals surface area contributed by atoms with Gasteiger partial charge in [0.1, 0.15) is 0 Å². The lowest BCUT2D eigenvalue weighted by molar-refractivity contribution is -0.116. The molecule has 1 heterocycles. The van der Waals surface area contributed by atoms with Gasteiger partial charge in [0, 0.05) is 17.7 Å². The average Bonchev–Trinajstić information content (AvgIpc) is 2.56. The Kier molecular flexibility index (Phi) is 3.51. The second-order valence-corrected chi connectivity index (χ2v) is 6.48. The van der Waals surface area contributed by atoms with E-state index in [0.717, 1.165) is 27.6 Å². The Balaban J connectivity index is 1.97. The third-order valence-electron chi connectivity index (χ3n) is 4.35. The lowest BCUT2D eigenvalue weighted by atomic mass is 9.83. The molecular formula is C19H13Cl2NO. The van der Waals surface area contributed by atoms with Crippen molar-refractivity contribution in [3.05, 3.63) is 75.8 Å². The van der Waals surface area contributed by atoms with Crippen LogP contribution in [0.5, 0.6) is 0 Å². The SMILES string of the molecule is O=C1C[C@H](c2cccc(Cl)c2Cl)c2ccc3ccccc3c2N1. The second-order valence-electron chi connectivity index (χ2n) is 5.70. The van der Waals surface area contributed by atoms with E-state index in [0.29, 0.717) is 16.5 Å². The summed E-state index contributed by atoms with van der Waals surface area (Å²) in [5.41, 5.74) is 2.85. The third kappa shape index (κ3) is 2.39. The maximum atomic E-state index is 12.3. The van der Waals surface area contributed by atoms with Gasteiger partial charge in [0.05, 0.1) is 15.7 Å². The van der Waals surface area contributed by atoms with E-state index in [2.05, 4.69) is 17.4 Å². The zero-order chi connectivity index (χ0) is 16.0. The minimum atomic E-state index is -0.0884. The Morgan fingerprint density at radius 1 is 0.913 bits per heavy atom. The molecule has 23 heavy (non-hydrogen) atoms. The fourth-order valence-electron chi connectivity index (χ4n) is 3.27. The first-order valence-corrected chi connectivity index (χ1v) is 8.16. The van der Waals surface area contributed by atoms with E-state index in [9.17, 15) is 4.79 Å². The van der Waals surface area contributed by atoms with Gasteiger partial charge in [-0.25, -0.2) is 0 Å². The van der Waals surface area contributed by atoms with Crippen LogP contribution in [-0.2, 0) is 4.79 Å². The fraction of sp³-hybridized carbons (Fsp3) is 0.105. The molecule has 1 amide bonds. The normalized spacial score (nSPS) is 17.0. The number of hydrogen-bond acceptors (Lipinski definition) is 1. The average molecular weight is 342 g/mol. The minimum absolute atomic E-state index is 0.00473. The van der Waals surface area contributed by atoms with Gasteiger partial charge in [0.25, 0.3) is 0 Å². The number of amides is 1. The van der Waals surface area contributed by atoms with Crippen LogP contribution in [0.1, 0.15) is 23.5 Å². The van der Waals surface area contributed by atoms with Crippen molar-refractivity contribution in [1.82, 2.24) is 0 Å². The first kappa shape index (κ1) is 14.6. The molecule has 1 aliphatic heterocycles. The molecule has 0 aliphatic carbocycles. The number of benzene rings is 3. The van der Waals surface area contributed by atoms with E-state index >= 15 is 0 Å². The molecule has 0 unspecified atom stereocenters. The van der Waals surface area contributed by atoms with Gasteiger partial charge >= 0.3 is 0 Å². The summed E-state index contributed by atoms with van der Waals surface area (Å²) in [6.45, 7) is 0. The number of carbonyl (C=O) groups is 1. The second kappa shape index (κ2) is 5.55. The Morgan fingerprint density at radius 2 is 1.74 bits per heavy atom. The molecule has 0 fully saturated rings. The lowest BCUT2D eigenvalue weighted by Crippen LogP contribution is -2.24. The lowest BCUT2D eigenvalue weighted by Gasteiger charge is -2.28. The molecule has 114 valence electrons. The van der Waals surface area contributed by atoms with Gasteiger partial charge < -0.3 is 5.32 Å². The topological polar surface area (TPSA) is 29.1 Å². The molecule has 2 nitrogen and oxygen atoms in total. The number of carbonyl (C=O) groups excluding carboxylic acids is 1. The number of nitrogens with one attached hydrogen (secondary N) is 1. The van der Waals surface area contributed by atoms with E-state index in [4.69, 9.17) is 23.2 Å². The highest BCUT2D eigenvalue weighted by atomic mass is 35.5. The molecule has 1 atom stereocenters. The van der Waals surface area contributed by atoms with E-state index in [-0.39, 0.29) is 11.8 Å². The van der Waals surface area contributed by atoms with Gasteiger partial charge in [-0.3, -0.25) is 4.79 Å².